The van der Waals surface area contributed by atoms with Gasteiger partial charge in [-0.25, -0.2) is 9.37 Å². The minimum absolute atomic E-state index is 0.0371. The molecule has 0 saturated carbocycles. The van der Waals surface area contributed by atoms with Crippen molar-refractivity contribution in [2.24, 2.45) is 0 Å². The Hall–Kier alpha value is -1.57. The van der Waals surface area contributed by atoms with Crippen molar-refractivity contribution in [3.63, 3.8) is 0 Å². The van der Waals surface area contributed by atoms with Gasteiger partial charge in [-0.05, 0) is 34.2 Å². The van der Waals surface area contributed by atoms with Crippen molar-refractivity contribution in [1.82, 2.24) is 9.55 Å². The molecule has 0 aliphatic carbocycles. The number of nitrogens with zero attached hydrogens (tertiary/aromatic N) is 2. The Labute approximate surface area is 122 Å². The van der Waals surface area contributed by atoms with Gasteiger partial charge >= 0.3 is 0 Å². The second kappa shape index (κ2) is 6.05. The highest BCUT2D eigenvalue weighted by atomic mass is 127. The van der Waals surface area contributed by atoms with Crippen molar-refractivity contribution >= 4 is 28.4 Å². The third-order valence-corrected chi connectivity index (χ3v) is 3.29. The molecule has 19 heavy (non-hydrogen) atoms. The predicted octanol–water partition coefficient (Wildman–Crippen LogP) is 1.80. The lowest BCUT2D eigenvalue weighted by Crippen LogP contribution is -2.26. The first-order valence-electron chi connectivity index (χ1n) is 5.53. The number of ketones is 1. The summed E-state index contributed by atoms with van der Waals surface area (Å²) in [4.78, 5) is 27.4. The Balaban J connectivity index is 2.12. The molecule has 0 atom stereocenters. The summed E-state index contributed by atoms with van der Waals surface area (Å²) in [5.74, 6) is -0.653. The Morgan fingerprint density at radius 2 is 2.11 bits per heavy atom. The molecule has 2 rings (SSSR count). The average Bonchev–Trinajstić information content (AvgIpc) is 2.38. The third-order valence-electron chi connectivity index (χ3n) is 2.55. The molecule has 0 aliphatic heterocycles. The average molecular weight is 372 g/mol. The quantitative estimate of drug-likeness (QED) is 0.770. The van der Waals surface area contributed by atoms with Gasteiger partial charge in [0, 0.05) is 12.6 Å². The number of Topliss-reactive ketones (excluding diaryl/α,β-unsaturated/α-hetero) is 1. The van der Waals surface area contributed by atoms with Crippen LogP contribution in [0, 0.1) is 9.39 Å². The van der Waals surface area contributed by atoms with E-state index in [1.54, 1.807) is 18.2 Å². The van der Waals surface area contributed by atoms with Crippen molar-refractivity contribution in [2.45, 2.75) is 13.0 Å². The van der Waals surface area contributed by atoms with E-state index in [1.165, 1.54) is 23.2 Å². The first-order chi connectivity index (χ1) is 9.08. The topological polar surface area (TPSA) is 52.0 Å². The van der Waals surface area contributed by atoms with Crippen LogP contribution in [0.1, 0.15) is 5.56 Å². The van der Waals surface area contributed by atoms with Gasteiger partial charge in [-0.3, -0.25) is 14.2 Å². The van der Waals surface area contributed by atoms with E-state index in [1.807, 2.05) is 22.6 Å². The molecule has 98 valence electrons. The number of hydrogen-bond acceptors (Lipinski definition) is 3. The van der Waals surface area contributed by atoms with E-state index < -0.39 is 5.82 Å². The second-order valence-electron chi connectivity index (χ2n) is 3.98. The Bertz CT molecular complexity index is 670. The number of hydrogen-bond donors (Lipinski definition) is 0. The van der Waals surface area contributed by atoms with Crippen molar-refractivity contribution < 1.29 is 9.18 Å². The summed E-state index contributed by atoms with van der Waals surface area (Å²) in [5.41, 5.74) is 0.0663. The molecule has 0 saturated heterocycles. The largest absolute Gasteiger partial charge is 0.297 e. The van der Waals surface area contributed by atoms with Gasteiger partial charge in [0.1, 0.15) is 5.82 Å². The summed E-state index contributed by atoms with van der Waals surface area (Å²) in [6, 6.07) is 6.10. The molecule has 1 aromatic heterocycles. The minimum Gasteiger partial charge on any atom is -0.297 e. The fraction of sp³-hybridized carbons (Fsp3) is 0.154. The van der Waals surface area contributed by atoms with E-state index in [-0.39, 0.29) is 24.3 Å². The molecule has 0 fully saturated rings. The van der Waals surface area contributed by atoms with E-state index in [2.05, 4.69) is 4.98 Å². The standard InChI is InChI=1S/C13H10FIN2O2/c14-11-4-2-1-3-9(11)5-10(18)7-17-8-16-6-12(15)13(17)19/h1-4,6,8H,5,7H2. The van der Waals surface area contributed by atoms with Crippen molar-refractivity contribution in [1.29, 1.82) is 0 Å². The number of aromatic nitrogens is 2. The molecular formula is C13H10FIN2O2. The van der Waals surface area contributed by atoms with Gasteiger partial charge in [0.25, 0.3) is 5.56 Å². The van der Waals surface area contributed by atoms with Crippen LogP contribution in [0.3, 0.4) is 0 Å². The fourth-order valence-electron chi connectivity index (χ4n) is 1.64. The fourth-order valence-corrected chi connectivity index (χ4v) is 2.11. The lowest BCUT2D eigenvalue weighted by Gasteiger charge is -2.05. The molecule has 1 aromatic carbocycles. The molecule has 4 nitrogen and oxygen atoms in total. The normalized spacial score (nSPS) is 10.4. The maximum atomic E-state index is 13.4. The van der Waals surface area contributed by atoms with Crippen LogP contribution < -0.4 is 5.56 Å². The van der Waals surface area contributed by atoms with Gasteiger partial charge in [-0.2, -0.15) is 0 Å². The zero-order chi connectivity index (χ0) is 13.8. The predicted molar refractivity (Wildman–Crippen MR) is 76.3 cm³/mol. The maximum Gasteiger partial charge on any atom is 0.267 e. The first kappa shape index (κ1) is 13.9. The van der Waals surface area contributed by atoms with Gasteiger partial charge in [0.2, 0.25) is 0 Å². The molecular weight excluding hydrogens is 362 g/mol. The highest BCUT2D eigenvalue weighted by Crippen LogP contribution is 2.07. The van der Waals surface area contributed by atoms with Crippen molar-refractivity contribution in [3.8, 4) is 0 Å². The lowest BCUT2D eigenvalue weighted by atomic mass is 10.1. The van der Waals surface area contributed by atoms with Gasteiger partial charge in [-0.1, -0.05) is 18.2 Å². The number of rotatable bonds is 4. The molecule has 0 radical (unpaired) electrons. The van der Waals surface area contributed by atoms with Crippen LogP contribution in [0.15, 0.2) is 41.6 Å². The van der Waals surface area contributed by atoms with E-state index in [9.17, 15) is 14.0 Å². The Kier molecular flexibility index (Phi) is 4.41. The van der Waals surface area contributed by atoms with E-state index in [4.69, 9.17) is 0 Å². The van der Waals surface area contributed by atoms with Crippen molar-refractivity contribution in [2.75, 3.05) is 0 Å². The molecule has 0 spiro atoms. The van der Waals surface area contributed by atoms with Gasteiger partial charge in [-0.15, -0.1) is 0 Å². The molecule has 0 N–H and O–H groups in total. The van der Waals surface area contributed by atoms with Crippen LogP contribution in [0.25, 0.3) is 0 Å². The van der Waals surface area contributed by atoms with Crippen LogP contribution in [0.4, 0.5) is 4.39 Å². The lowest BCUT2D eigenvalue weighted by molar-refractivity contribution is -0.119. The molecule has 0 bridgehead atoms. The van der Waals surface area contributed by atoms with Crippen LogP contribution >= 0.6 is 22.6 Å². The maximum absolute atomic E-state index is 13.4. The zero-order valence-electron chi connectivity index (χ0n) is 9.85. The van der Waals surface area contributed by atoms with E-state index in [0.29, 0.717) is 9.13 Å². The number of carbonyl (C=O) groups is 1. The number of benzene rings is 1. The van der Waals surface area contributed by atoms with E-state index in [0.717, 1.165) is 0 Å². The molecule has 0 amide bonds. The van der Waals surface area contributed by atoms with Gasteiger partial charge < -0.3 is 0 Å². The van der Waals surface area contributed by atoms with Crippen LogP contribution in [0.2, 0.25) is 0 Å². The zero-order valence-corrected chi connectivity index (χ0v) is 12.0. The third kappa shape index (κ3) is 3.46. The van der Waals surface area contributed by atoms with Gasteiger partial charge in [0.15, 0.2) is 5.78 Å². The van der Waals surface area contributed by atoms with E-state index >= 15 is 0 Å². The molecule has 1 heterocycles. The summed E-state index contributed by atoms with van der Waals surface area (Å²) in [6.07, 6.45) is 2.70. The molecule has 6 heteroatoms. The monoisotopic (exact) mass is 372 g/mol. The van der Waals surface area contributed by atoms with Crippen molar-refractivity contribution in [3.05, 3.63) is 62.1 Å². The van der Waals surface area contributed by atoms with Crippen LogP contribution in [-0.4, -0.2) is 15.3 Å². The minimum atomic E-state index is -0.413. The highest BCUT2D eigenvalue weighted by molar-refractivity contribution is 14.1. The highest BCUT2D eigenvalue weighted by Gasteiger charge is 2.10. The summed E-state index contributed by atoms with van der Waals surface area (Å²) in [7, 11) is 0. The summed E-state index contributed by atoms with van der Waals surface area (Å²) >= 11 is 1.86. The first-order valence-corrected chi connectivity index (χ1v) is 6.61. The van der Waals surface area contributed by atoms with Gasteiger partial charge in [0.05, 0.1) is 16.4 Å². The molecule has 0 aliphatic rings. The summed E-state index contributed by atoms with van der Waals surface area (Å²) in [6.45, 7) is -0.100. The van der Waals surface area contributed by atoms with Crippen LogP contribution in [-0.2, 0) is 17.8 Å². The number of halogens is 2. The van der Waals surface area contributed by atoms with Crippen LogP contribution in [0.5, 0.6) is 0 Å². The SMILES string of the molecule is O=C(Cc1ccccc1F)Cn1cncc(I)c1=O. The Morgan fingerprint density at radius 1 is 1.37 bits per heavy atom. The Morgan fingerprint density at radius 3 is 2.84 bits per heavy atom. The summed E-state index contributed by atoms with van der Waals surface area (Å²) < 4.78 is 15.1. The molecule has 2 aromatic rings. The number of carbonyl (C=O) groups excluding carboxylic acids is 1. The second-order valence-corrected chi connectivity index (χ2v) is 5.14. The molecule has 0 unspecified atom stereocenters. The summed E-state index contributed by atoms with van der Waals surface area (Å²) in [5, 5.41) is 0. The smallest absolute Gasteiger partial charge is 0.267 e.